The summed E-state index contributed by atoms with van der Waals surface area (Å²) < 4.78 is 0. The lowest BCUT2D eigenvalue weighted by Gasteiger charge is -2.24. The van der Waals surface area contributed by atoms with Crippen LogP contribution in [0.4, 0.5) is 5.69 Å². The first kappa shape index (κ1) is 13.1. The Labute approximate surface area is 109 Å². The Hall–Kier alpha value is -1.35. The fraction of sp³-hybridized carbons (Fsp3) is 0.533. The molecule has 2 rings (SSSR count). The predicted octanol–water partition coefficient (Wildman–Crippen LogP) is 2.27. The number of nitrogens with one attached hydrogen (secondary N) is 1. The van der Waals surface area contributed by atoms with E-state index in [-0.39, 0.29) is 11.3 Å². The van der Waals surface area contributed by atoms with Crippen molar-refractivity contribution in [1.82, 2.24) is 5.32 Å². The van der Waals surface area contributed by atoms with Gasteiger partial charge in [0.1, 0.15) is 0 Å². The van der Waals surface area contributed by atoms with Gasteiger partial charge in [-0.1, -0.05) is 6.07 Å². The van der Waals surface area contributed by atoms with Crippen molar-refractivity contribution in [2.75, 3.05) is 25.5 Å². The minimum absolute atomic E-state index is 0.151. The highest BCUT2D eigenvalue weighted by atomic mass is 16.2. The Balaban J connectivity index is 2.18. The molecule has 1 aromatic rings. The fourth-order valence-electron chi connectivity index (χ4n) is 2.36. The van der Waals surface area contributed by atoms with E-state index in [2.05, 4.69) is 31.3 Å². The summed E-state index contributed by atoms with van der Waals surface area (Å²) in [5, 5.41) is 3.13. The summed E-state index contributed by atoms with van der Waals surface area (Å²) >= 11 is 0. The fourth-order valence-corrected chi connectivity index (χ4v) is 2.36. The highest BCUT2D eigenvalue weighted by molar-refractivity contribution is 5.99. The van der Waals surface area contributed by atoms with Crippen LogP contribution in [0.25, 0.3) is 0 Å². The molecule has 0 aliphatic heterocycles. The first-order chi connectivity index (χ1) is 8.50. The third-order valence-corrected chi connectivity index (χ3v) is 4.00. The molecule has 98 valence electrons. The molecule has 1 fully saturated rings. The molecule has 1 aromatic carbocycles. The number of amides is 1. The molecule has 0 atom stereocenters. The van der Waals surface area contributed by atoms with Gasteiger partial charge >= 0.3 is 0 Å². The number of aryl methyl sites for hydroxylation is 2. The minimum Gasteiger partial charge on any atom is -0.319 e. The molecule has 0 saturated heterocycles. The van der Waals surface area contributed by atoms with Gasteiger partial charge in [-0.25, -0.2) is 0 Å². The highest BCUT2D eigenvalue weighted by Gasteiger charge is 2.50. The van der Waals surface area contributed by atoms with E-state index in [1.165, 1.54) is 11.1 Å². The van der Waals surface area contributed by atoms with Crippen molar-refractivity contribution in [3.63, 3.8) is 0 Å². The van der Waals surface area contributed by atoms with Gasteiger partial charge in [0.2, 0.25) is 5.91 Å². The first-order valence-corrected chi connectivity index (χ1v) is 6.50. The number of nitrogens with zero attached hydrogens (tertiary/aromatic N) is 1. The standard InChI is InChI=1S/C15H22N2O/c1-11-5-6-13(9-12(11)2)17(4)14(18)15(7-8-15)10-16-3/h5-6,9,16H,7-8,10H2,1-4H3. The zero-order valence-electron chi connectivity index (χ0n) is 11.7. The Morgan fingerprint density at radius 3 is 2.50 bits per heavy atom. The summed E-state index contributed by atoms with van der Waals surface area (Å²) in [5.41, 5.74) is 3.33. The molecule has 18 heavy (non-hydrogen) atoms. The quantitative estimate of drug-likeness (QED) is 0.884. The van der Waals surface area contributed by atoms with Gasteiger partial charge < -0.3 is 10.2 Å². The topological polar surface area (TPSA) is 32.3 Å². The molecule has 1 saturated carbocycles. The Morgan fingerprint density at radius 2 is 2.00 bits per heavy atom. The first-order valence-electron chi connectivity index (χ1n) is 6.50. The van der Waals surface area contributed by atoms with Crippen LogP contribution in [-0.2, 0) is 4.79 Å². The van der Waals surface area contributed by atoms with Gasteiger partial charge in [0.05, 0.1) is 5.41 Å². The van der Waals surface area contributed by atoms with E-state index in [4.69, 9.17) is 0 Å². The van der Waals surface area contributed by atoms with E-state index in [0.717, 1.165) is 25.1 Å². The summed E-state index contributed by atoms with van der Waals surface area (Å²) in [6, 6.07) is 6.18. The van der Waals surface area contributed by atoms with Gasteiger partial charge in [-0.15, -0.1) is 0 Å². The Bertz CT molecular complexity index is 464. The number of hydrogen-bond acceptors (Lipinski definition) is 2. The average molecular weight is 246 g/mol. The molecule has 0 aromatic heterocycles. The molecular formula is C15H22N2O. The van der Waals surface area contributed by atoms with Gasteiger partial charge in [0.15, 0.2) is 0 Å². The molecule has 3 heteroatoms. The number of hydrogen-bond donors (Lipinski definition) is 1. The summed E-state index contributed by atoms with van der Waals surface area (Å²) in [5.74, 6) is 0.236. The third kappa shape index (κ3) is 2.27. The Kier molecular flexibility index (Phi) is 3.44. The molecule has 3 nitrogen and oxygen atoms in total. The molecule has 1 aliphatic carbocycles. The van der Waals surface area contributed by atoms with Crippen molar-refractivity contribution in [3.05, 3.63) is 29.3 Å². The van der Waals surface area contributed by atoms with Crippen LogP contribution >= 0.6 is 0 Å². The summed E-state index contributed by atoms with van der Waals surface area (Å²) in [6.07, 6.45) is 2.00. The second kappa shape index (κ2) is 4.73. The van der Waals surface area contributed by atoms with Crippen molar-refractivity contribution in [3.8, 4) is 0 Å². The molecule has 1 amide bonds. The number of carbonyl (C=O) groups is 1. The van der Waals surface area contributed by atoms with Crippen LogP contribution in [0.3, 0.4) is 0 Å². The molecule has 0 spiro atoms. The van der Waals surface area contributed by atoms with Crippen LogP contribution in [0.1, 0.15) is 24.0 Å². The maximum absolute atomic E-state index is 12.5. The normalized spacial score (nSPS) is 16.4. The summed E-state index contributed by atoms with van der Waals surface area (Å²) in [7, 11) is 3.78. The lowest BCUT2D eigenvalue weighted by atomic mass is 10.0. The summed E-state index contributed by atoms with van der Waals surface area (Å²) in [6.45, 7) is 4.95. The van der Waals surface area contributed by atoms with E-state index in [0.29, 0.717) is 0 Å². The van der Waals surface area contributed by atoms with Gasteiger partial charge in [-0.2, -0.15) is 0 Å². The zero-order valence-corrected chi connectivity index (χ0v) is 11.7. The van der Waals surface area contributed by atoms with Crippen LogP contribution in [-0.4, -0.2) is 26.5 Å². The van der Waals surface area contributed by atoms with E-state index in [1.54, 1.807) is 4.90 Å². The van der Waals surface area contributed by atoms with E-state index in [1.807, 2.05) is 20.2 Å². The van der Waals surface area contributed by atoms with E-state index < -0.39 is 0 Å². The lowest BCUT2D eigenvalue weighted by Crippen LogP contribution is -2.39. The number of benzene rings is 1. The van der Waals surface area contributed by atoms with Crippen molar-refractivity contribution in [2.24, 2.45) is 5.41 Å². The van der Waals surface area contributed by atoms with Crippen LogP contribution in [0.15, 0.2) is 18.2 Å². The Morgan fingerprint density at radius 1 is 1.33 bits per heavy atom. The van der Waals surface area contributed by atoms with Crippen molar-refractivity contribution >= 4 is 11.6 Å². The van der Waals surface area contributed by atoms with Crippen molar-refractivity contribution < 1.29 is 4.79 Å². The van der Waals surface area contributed by atoms with Crippen LogP contribution < -0.4 is 10.2 Å². The SMILES string of the molecule is CNCC1(C(=O)N(C)c2ccc(C)c(C)c2)CC1. The lowest BCUT2D eigenvalue weighted by molar-refractivity contribution is -0.123. The number of anilines is 1. The zero-order chi connectivity index (χ0) is 13.3. The van der Waals surface area contributed by atoms with Crippen LogP contribution in [0.2, 0.25) is 0 Å². The van der Waals surface area contributed by atoms with Crippen molar-refractivity contribution in [2.45, 2.75) is 26.7 Å². The maximum Gasteiger partial charge on any atom is 0.234 e. The molecular weight excluding hydrogens is 224 g/mol. The van der Waals surface area contributed by atoms with E-state index in [9.17, 15) is 4.79 Å². The molecule has 0 radical (unpaired) electrons. The highest BCUT2D eigenvalue weighted by Crippen LogP contribution is 2.47. The second-order valence-electron chi connectivity index (χ2n) is 5.44. The number of rotatable bonds is 4. The number of carbonyl (C=O) groups excluding carboxylic acids is 1. The minimum atomic E-state index is -0.151. The molecule has 0 unspecified atom stereocenters. The molecule has 0 heterocycles. The van der Waals surface area contributed by atoms with E-state index >= 15 is 0 Å². The van der Waals surface area contributed by atoms with Gasteiger partial charge in [-0.05, 0) is 57.0 Å². The monoisotopic (exact) mass is 246 g/mol. The second-order valence-corrected chi connectivity index (χ2v) is 5.44. The van der Waals surface area contributed by atoms with Gasteiger partial charge in [0, 0.05) is 19.3 Å². The summed E-state index contributed by atoms with van der Waals surface area (Å²) in [4.78, 5) is 14.3. The smallest absolute Gasteiger partial charge is 0.234 e. The molecule has 0 bridgehead atoms. The predicted molar refractivity (Wildman–Crippen MR) is 74.9 cm³/mol. The molecule has 1 aliphatic rings. The third-order valence-electron chi connectivity index (χ3n) is 4.00. The molecule has 1 N–H and O–H groups in total. The van der Waals surface area contributed by atoms with Crippen LogP contribution in [0.5, 0.6) is 0 Å². The average Bonchev–Trinajstić information content (AvgIpc) is 3.12. The maximum atomic E-state index is 12.5. The van der Waals surface area contributed by atoms with Crippen LogP contribution in [0, 0.1) is 19.3 Å². The van der Waals surface area contributed by atoms with Crippen molar-refractivity contribution in [1.29, 1.82) is 0 Å². The largest absolute Gasteiger partial charge is 0.319 e. The van der Waals surface area contributed by atoms with Gasteiger partial charge in [0.25, 0.3) is 0 Å². The van der Waals surface area contributed by atoms with Gasteiger partial charge in [-0.3, -0.25) is 4.79 Å².